The van der Waals surface area contributed by atoms with Crippen molar-refractivity contribution in [2.45, 2.75) is 13.3 Å². The number of phosphoric acid groups is 1. The van der Waals surface area contributed by atoms with Crippen molar-refractivity contribution in [3.05, 3.63) is 11.6 Å². The molecule has 0 heterocycles. The highest BCUT2D eigenvalue weighted by Gasteiger charge is 2.15. The number of aliphatic carboxylic acids is 1. The molecular weight excluding hydrogens is 325 g/mol. The molecule has 8 nitrogen and oxygen atoms in total. The smallest absolute Gasteiger partial charge is 0.469 e. The number of carbonyl (C=O) groups is 1. The number of likely N-dealkylation sites (N-methyl/N-ethyl adjacent to an activating group) is 1. The monoisotopic (exact) mass is 349 g/mol. The molecule has 0 aromatic heterocycles. The Morgan fingerprint density at radius 2 is 1.81 bits per heavy atom. The first-order valence-corrected chi connectivity index (χ1v) is 7.41. The second kappa shape index (κ2) is 12.1. The Hall–Kier alpha value is -0.470. The van der Waals surface area contributed by atoms with Crippen LogP contribution in [0.1, 0.15) is 13.3 Å². The minimum Gasteiger partial charge on any atom is -0.545 e. The number of carboxylic acids is 1. The topological polar surface area (TPSA) is 127 Å². The first-order chi connectivity index (χ1) is 8.89. The van der Waals surface area contributed by atoms with Gasteiger partial charge in [-0.3, -0.25) is 4.52 Å². The standard InChI is InChI=1S/C6H10O3.C5H14NO4P.ClH/c1-5(6(8)9)3-2-4-7;1-6(2,3)4-5-10-11(7,8)9;/h3,7H,2,4H2,1H3,(H,8,9);4-5H2,1-3H3,(H-,7,8,9);1H/b5-3+;;. The molecule has 0 aromatic rings. The molecule has 0 amide bonds. The zero-order chi connectivity index (χ0) is 16.4. The highest BCUT2D eigenvalue weighted by molar-refractivity contribution is 7.46. The lowest BCUT2D eigenvalue weighted by Gasteiger charge is -2.23. The number of nitrogens with zero attached hydrogens (tertiary/aromatic N) is 1. The molecule has 0 aromatic carbocycles. The van der Waals surface area contributed by atoms with E-state index in [1.54, 1.807) is 0 Å². The van der Waals surface area contributed by atoms with Crippen LogP contribution in [-0.2, 0) is 13.9 Å². The fourth-order valence-corrected chi connectivity index (χ4v) is 1.12. The number of carboxylic acid groups (broad SMARTS) is 1. The van der Waals surface area contributed by atoms with Crippen molar-refractivity contribution in [1.82, 2.24) is 0 Å². The van der Waals surface area contributed by atoms with Gasteiger partial charge in [0.15, 0.2) is 0 Å². The average molecular weight is 350 g/mol. The summed E-state index contributed by atoms with van der Waals surface area (Å²) in [5.74, 6) is -1.18. The zero-order valence-electron chi connectivity index (χ0n) is 12.7. The molecule has 10 heteroatoms. The first-order valence-electron chi connectivity index (χ1n) is 5.88. The molecule has 0 fully saturated rings. The average Bonchev–Trinajstić information content (AvgIpc) is 2.22. The van der Waals surface area contributed by atoms with Gasteiger partial charge in [-0.2, -0.15) is 0 Å². The van der Waals surface area contributed by atoms with Crippen molar-refractivity contribution >= 4 is 26.2 Å². The number of hydrogen-bond acceptors (Lipinski definition) is 5. The molecule has 0 aliphatic heterocycles. The maximum atomic E-state index is 10.2. The lowest BCUT2D eigenvalue weighted by atomic mass is 10.2. The summed E-state index contributed by atoms with van der Waals surface area (Å²) < 4.78 is 15.1. The second-order valence-electron chi connectivity index (χ2n) is 5.02. The minimum absolute atomic E-state index is 0. The Kier molecular flexibility index (Phi) is 14.7. The third-order valence-electron chi connectivity index (χ3n) is 1.92. The van der Waals surface area contributed by atoms with Gasteiger partial charge in [-0.05, 0) is 18.9 Å². The number of hydrogen-bond donors (Lipinski definition) is 3. The highest BCUT2D eigenvalue weighted by Crippen LogP contribution is 2.35. The lowest BCUT2D eigenvalue weighted by Crippen LogP contribution is -2.37. The molecular formula is C11H25ClNO7P. The van der Waals surface area contributed by atoms with Crippen LogP contribution in [0.2, 0.25) is 0 Å². The number of rotatable bonds is 7. The van der Waals surface area contributed by atoms with Crippen LogP contribution in [0.25, 0.3) is 0 Å². The highest BCUT2D eigenvalue weighted by atomic mass is 35.5. The molecule has 21 heavy (non-hydrogen) atoms. The molecule has 0 radical (unpaired) electrons. The van der Waals surface area contributed by atoms with E-state index in [1.807, 2.05) is 21.1 Å². The van der Waals surface area contributed by atoms with Gasteiger partial charge in [-0.15, -0.1) is 12.4 Å². The van der Waals surface area contributed by atoms with Gasteiger partial charge in [-0.25, -0.2) is 4.57 Å². The maximum absolute atomic E-state index is 10.2. The van der Waals surface area contributed by atoms with E-state index in [0.717, 1.165) is 0 Å². The first kappa shape index (κ1) is 25.5. The fraction of sp³-hybridized carbons (Fsp3) is 0.727. The van der Waals surface area contributed by atoms with Gasteiger partial charge in [0.1, 0.15) is 13.2 Å². The van der Waals surface area contributed by atoms with Gasteiger partial charge in [0.2, 0.25) is 0 Å². The fourth-order valence-electron chi connectivity index (χ4n) is 0.798. The van der Waals surface area contributed by atoms with Crippen molar-refractivity contribution in [3.8, 4) is 0 Å². The molecule has 0 unspecified atom stereocenters. The van der Waals surface area contributed by atoms with Crippen molar-refractivity contribution in [2.75, 3.05) is 40.9 Å². The van der Waals surface area contributed by atoms with E-state index in [9.17, 15) is 14.5 Å². The summed E-state index contributed by atoms with van der Waals surface area (Å²) in [4.78, 5) is 26.5. The Morgan fingerprint density at radius 1 is 1.33 bits per heavy atom. The summed E-state index contributed by atoms with van der Waals surface area (Å²) in [6.07, 6.45) is 1.80. The van der Waals surface area contributed by atoms with Crippen LogP contribution in [0.4, 0.5) is 0 Å². The number of phosphoric ester groups is 1. The van der Waals surface area contributed by atoms with Gasteiger partial charge >= 0.3 is 7.82 Å². The van der Waals surface area contributed by atoms with Crippen LogP contribution in [0.5, 0.6) is 0 Å². The van der Waals surface area contributed by atoms with Crippen LogP contribution in [0, 0.1) is 0 Å². The third kappa shape index (κ3) is 24.9. The van der Waals surface area contributed by atoms with Crippen LogP contribution in [0.3, 0.4) is 0 Å². The number of quaternary nitrogens is 1. The van der Waals surface area contributed by atoms with Crippen LogP contribution >= 0.6 is 20.2 Å². The molecule has 0 aliphatic rings. The molecule has 0 saturated carbocycles. The van der Waals surface area contributed by atoms with Crippen LogP contribution in [-0.4, -0.2) is 66.2 Å². The van der Waals surface area contributed by atoms with Crippen LogP contribution < -0.4 is 5.11 Å². The molecule has 0 atom stereocenters. The molecule has 0 saturated heterocycles. The summed E-state index contributed by atoms with van der Waals surface area (Å²) in [6, 6.07) is 0. The number of carbonyl (C=O) groups excluding carboxylic acids is 1. The predicted octanol–water partition coefficient (Wildman–Crippen LogP) is -0.711. The lowest BCUT2D eigenvalue weighted by molar-refractivity contribution is -0.870. The SMILES string of the molecule is C/C(=C\CCO)C(=O)[O-].C[N+](C)(C)CCOP(=O)(O)O.Cl. The number of aliphatic hydroxyl groups is 1. The summed E-state index contributed by atoms with van der Waals surface area (Å²) in [6.45, 7) is 2.06. The molecule has 128 valence electrons. The summed E-state index contributed by atoms with van der Waals surface area (Å²) >= 11 is 0. The minimum atomic E-state index is -4.26. The largest absolute Gasteiger partial charge is 0.545 e. The Balaban J connectivity index is -0.000000300. The number of aliphatic hydroxyl groups excluding tert-OH is 1. The van der Waals surface area contributed by atoms with E-state index in [1.165, 1.54) is 13.0 Å². The van der Waals surface area contributed by atoms with Crippen molar-refractivity contribution in [3.63, 3.8) is 0 Å². The Labute approximate surface area is 131 Å². The summed E-state index contributed by atoms with van der Waals surface area (Å²) in [5.41, 5.74) is 0.170. The molecule has 0 spiro atoms. The van der Waals surface area contributed by atoms with Gasteiger partial charge in [-0.1, -0.05) is 6.08 Å². The van der Waals surface area contributed by atoms with E-state index in [0.29, 0.717) is 17.4 Å². The van der Waals surface area contributed by atoms with E-state index in [2.05, 4.69) is 4.52 Å². The second-order valence-corrected chi connectivity index (χ2v) is 6.26. The zero-order valence-corrected chi connectivity index (χ0v) is 14.4. The van der Waals surface area contributed by atoms with Crippen molar-refractivity contribution in [1.29, 1.82) is 0 Å². The van der Waals surface area contributed by atoms with Gasteiger partial charge in [0.25, 0.3) is 0 Å². The Morgan fingerprint density at radius 3 is 2.10 bits per heavy atom. The van der Waals surface area contributed by atoms with Crippen molar-refractivity contribution < 1.29 is 38.4 Å². The van der Waals surface area contributed by atoms with E-state index < -0.39 is 13.8 Å². The van der Waals surface area contributed by atoms with E-state index in [4.69, 9.17) is 14.9 Å². The maximum Gasteiger partial charge on any atom is 0.469 e. The molecule has 0 bridgehead atoms. The van der Waals surface area contributed by atoms with Crippen molar-refractivity contribution in [2.24, 2.45) is 0 Å². The van der Waals surface area contributed by atoms with E-state index >= 15 is 0 Å². The predicted molar refractivity (Wildman–Crippen MR) is 78.6 cm³/mol. The molecule has 0 aliphatic carbocycles. The third-order valence-corrected chi connectivity index (χ3v) is 2.44. The molecule has 0 rings (SSSR count). The number of halogens is 1. The molecule has 3 N–H and O–H groups in total. The quantitative estimate of drug-likeness (QED) is 0.315. The van der Waals surface area contributed by atoms with E-state index in [-0.39, 0.29) is 31.2 Å². The Bertz CT molecular complexity index is 362. The normalized spacial score (nSPS) is 12.0. The van der Waals surface area contributed by atoms with Gasteiger partial charge < -0.3 is 29.3 Å². The summed E-state index contributed by atoms with van der Waals surface area (Å²) in [7, 11) is 1.50. The van der Waals surface area contributed by atoms with Crippen LogP contribution in [0.15, 0.2) is 11.6 Å². The van der Waals surface area contributed by atoms with Gasteiger partial charge in [0.05, 0.1) is 27.1 Å². The van der Waals surface area contributed by atoms with Gasteiger partial charge in [0, 0.05) is 6.61 Å². The summed E-state index contributed by atoms with van der Waals surface area (Å²) in [5, 5.41) is 18.2.